The van der Waals surface area contributed by atoms with Gasteiger partial charge < -0.3 is 10.2 Å². The van der Waals surface area contributed by atoms with E-state index in [0.29, 0.717) is 6.54 Å². The highest BCUT2D eigenvalue weighted by Crippen LogP contribution is 2.22. The van der Waals surface area contributed by atoms with Crippen molar-refractivity contribution in [1.29, 1.82) is 0 Å². The van der Waals surface area contributed by atoms with Gasteiger partial charge in [-0.25, -0.2) is 8.70 Å². The number of nitrogens with zero attached hydrogens (tertiary/aromatic N) is 3. The molecule has 2 amide bonds. The first-order valence-electron chi connectivity index (χ1n) is 10.7. The number of nitrogens with one attached hydrogen (secondary N) is 1. The summed E-state index contributed by atoms with van der Waals surface area (Å²) in [6.45, 7) is 3.51. The fourth-order valence-electron chi connectivity index (χ4n) is 3.13. The number of carbonyl (C=O) groups is 2. The van der Waals surface area contributed by atoms with E-state index in [0.717, 1.165) is 37.2 Å². The molecule has 0 bridgehead atoms. The summed E-state index contributed by atoms with van der Waals surface area (Å²) in [4.78, 5) is 27.6. The second kappa shape index (κ2) is 12.3. The van der Waals surface area contributed by atoms with E-state index in [1.54, 1.807) is 6.92 Å². The Hall–Kier alpha value is -2.50. The Bertz CT molecular complexity index is 1100. The smallest absolute Gasteiger partial charge is 0.304 e. The van der Waals surface area contributed by atoms with Crippen LogP contribution in [0.5, 0.6) is 0 Å². The van der Waals surface area contributed by atoms with Gasteiger partial charge in [-0.1, -0.05) is 35.0 Å². The largest absolute Gasteiger partial charge is 0.354 e. The molecule has 0 saturated carbocycles. The Kier molecular flexibility index (Phi) is 10.0. The maximum absolute atomic E-state index is 13.5. The van der Waals surface area contributed by atoms with Gasteiger partial charge in [0.05, 0.1) is 5.69 Å². The molecule has 0 saturated heterocycles. The monoisotopic (exact) mass is 556 g/mol. The molecule has 0 spiro atoms. The second-order valence-corrected chi connectivity index (χ2v) is 10.9. The van der Waals surface area contributed by atoms with Crippen molar-refractivity contribution in [3.63, 3.8) is 0 Å². The first-order valence-corrected chi connectivity index (χ1v) is 12.9. The number of amides is 2. The van der Waals surface area contributed by atoms with E-state index >= 15 is 0 Å². The molecule has 34 heavy (non-hydrogen) atoms. The summed E-state index contributed by atoms with van der Waals surface area (Å²) in [5.74, 6) is -1.45. The summed E-state index contributed by atoms with van der Waals surface area (Å²) in [7, 11) is -1.40. The SMILES string of the molecule is CCCNC(=O)C(C)N(Cc1cccc(Br)c1)C(=O)CN(c1ccc(F)cc1)S(=O)(=O)N(C)C. The normalized spacial score (nSPS) is 12.3. The minimum absolute atomic E-state index is 0.0955. The molecule has 0 heterocycles. The molecule has 0 aliphatic rings. The minimum atomic E-state index is -4.08. The van der Waals surface area contributed by atoms with E-state index in [1.165, 1.54) is 31.1 Å². The van der Waals surface area contributed by atoms with Crippen LogP contribution in [-0.4, -0.2) is 62.7 Å². The molecule has 0 aromatic heterocycles. The number of hydrogen-bond donors (Lipinski definition) is 1. The lowest BCUT2D eigenvalue weighted by Crippen LogP contribution is -2.52. The van der Waals surface area contributed by atoms with Crippen LogP contribution in [-0.2, 0) is 26.3 Å². The molecule has 0 radical (unpaired) electrons. The summed E-state index contributed by atoms with van der Waals surface area (Å²) in [5.41, 5.74) is 0.899. The van der Waals surface area contributed by atoms with Crippen LogP contribution >= 0.6 is 15.9 Å². The molecule has 0 aliphatic heterocycles. The van der Waals surface area contributed by atoms with Crippen LogP contribution in [0.15, 0.2) is 53.0 Å². The number of carbonyl (C=O) groups excluding carboxylic acids is 2. The molecule has 2 rings (SSSR count). The standard InChI is InChI=1S/C23H30BrFN4O4S/c1-5-13-26-23(31)17(2)28(15-18-7-6-8-19(24)14-18)22(30)16-29(34(32,33)27(3)4)21-11-9-20(25)10-12-21/h6-12,14,17H,5,13,15-16H2,1-4H3,(H,26,31). The fraction of sp³-hybridized carbons (Fsp3) is 0.391. The van der Waals surface area contributed by atoms with Gasteiger partial charge in [-0.3, -0.25) is 9.59 Å². The lowest BCUT2D eigenvalue weighted by molar-refractivity contribution is -0.139. The zero-order chi connectivity index (χ0) is 25.5. The van der Waals surface area contributed by atoms with Crippen molar-refractivity contribution < 1.29 is 22.4 Å². The topological polar surface area (TPSA) is 90.0 Å². The van der Waals surface area contributed by atoms with Gasteiger partial charge in [-0.05, 0) is 55.3 Å². The molecule has 2 aromatic rings. The van der Waals surface area contributed by atoms with Crippen LogP contribution in [0.25, 0.3) is 0 Å². The molecular weight excluding hydrogens is 527 g/mol. The van der Waals surface area contributed by atoms with E-state index < -0.39 is 34.5 Å². The molecule has 0 aliphatic carbocycles. The zero-order valence-corrected chi connectivity index (χ0v) is 22.1. The Morgan fingerprint density at radius 1 is 1.12 bits per heavy atom. The van der Waals surface area contributed by atoms with E-state index in [1.807, 2.05) is 31.2 Å². The van der Waals surface area contributed by atoms with Crippen molar-refractivity contribution in [1.82, 2.24) is 14.5 Å². The summed E-state index contributed by atoms with van der Waals surface area (Å²) in [6, 6.07) is 11.3. The van der Waals surface area contributed by atoms with Crippen LogP contribution < -0.4 is 9.62 Å². The Balaban J connectivity index is 2.43. The average Bonchev–Trinajstić information content (AvgIpc) is 2.79. The predicted molar refractivity (Wildman–Crippen MR) is 134 cm³/mol. The van der Waals surface area contributed by atoms with Crippen molar-refractivity contribution in [2.45, 2.75) is 32.9 Å². The number of anilines is 1. The maximum Gasteiger partial charge on any atom is 0.304 e. The van der Waals surface area contributed by atoms with Gasteiger partial charge >= 0.3 is 10.2 Å². The molecule has 1 unspecified atom stereocenters. The summed E-state index contributed by atoms with van der Waals surface area (Å²) >= 11 is 3.40. The van der Waals surface area contributed by atoms with E-state index in [4.69, 9.17) is 0 Å². The van der Waals surface area contributed by atoms with Crippen molar-refractivity contribution in [2.24, 2.45) is 0 Å². The first-order chi connectivity index (χ1) is 16.0. The zero-order valence-electron chi connectivity index (χ0n) is 19.7. The number of benzene rings is 2. The van der Waals surface area contributed by atoms with Crippen LogP contribution in [0.1, 0.15) is 25.8 Å². The predicted octanol–water partition coefficient (Wildman–Crippen LogP) is 3.14. The first kappa shape index (κ1) is 27.7. The molecule has 186 valence electrons. The fourth-order valence-corrected chi connectivity index (χ4v) is 4.64. The highest BCUT2D eigenvalue weighted by atomic mass is 79.9. The third-order valence-electron chi connectivity index (χ3n) is 5.09. The Labute approximate surface area is 209 Å². The molecule has 0 fully saturated rings. The third-order valence-corrected chi connectivity index (χ3v) is 7.40. The van der Waals surface area contributed by atoms with Crippen LogP contribution in [0.4, 0.5) is 10.1 Å². The van der Waals surface area contributed by atoms with Crippen molar-refractivity contribution in [3.05, 3.63) is 64.4 Å². The number of rotatable bonds is 11. The third kappa shape index (κ3) is 7.25. The summed E-state index contributed by atoms with van der Waals surface area (Å²) in [5, 5.41) is 2.78. The van der Waals surface area contributed by atoms with Gasteiger partial charge in [0.25, 0.3) is 0 Å². The quantitative estimate of drug-likeness (QED) is 0.460. The van der Waals surface area contributed by atoms with E-state index in [9.17, 15) is 22.4 Å². The van der Waals surface area contributed by atoms with Crippen molar-refractivity contribution >= 4 is 43.6 Å². The molecule has 1 N–H and O–H groups in total. The van der Waals surface area contributed by atoms with Crippen LogP contribution in [0.3, 0.4) is 0 Å². The van der Waals surface area contributed by atoms with Gasteiger partial charge in [0.15, 0.2) is 0 Å². The maximum atomic E-state index is 13.5. The molecular formula is C23H30BrFN4O4S. The van der Waals surface area contributed by atoms with Crippen molar-refractivity contribution in [2.75, 3.05) is 31.5 Å². The van der Waals surface area contributed by atoms with Crippen LogP contribution in [0.2, 0.25) is 0 Å². The lowest BCUT2D eigenvalue weighted by atomic mass is 10.1. The Morgan fingerprint density at radius 3 is 2.32 bits per heavy atom. The van der Waals surface area contributed by atoms with Gasteiger partial charge in [-0.15, -0.1) is 0 Å². The van der Waals surface area contributed by atoms with Crippen molar-refractivity contribution in [3.8, 4) is 0 Å². The number of halogens is 2. The highest BCUT2D eigenvalue weighted by Gasteiger charge is 2.32. The number of hydrogen-bond acceptors (Lipinski definition) is 4. The molecule has 11 heteroatoms. The molecule has 2 aromatic carbocycles. The molecule has 1 atom stereocenters. The van der Waals surface area contributed by atoms with Crippen LogP contribution in [0, 0.1) is 5.82 Å². The van der Waals surface area contributed by atoms with Gasteiger partial charge in [0.1, 0.15) is 18.4 Å². The van der Waals surface area contributed by atoms with Gasteiger partial charge in [0, 0.05) is 31.7 Å². The minimum Gasteiger partial charge on any atom is -0.354 e. The highest BCUT2D eigenvalue weighted by molar-refractivity contribution is 9.10. The second-order valence-electron chi connectivity index (χ2n) is 7.89. The lowest BCUT2D eigenvalue weighted by Gasteiger charge is -2.32. The summed E-state index contributed by atoms with van der Waals surface area (Å²) in [6.07, 6.45) is 0.734. The van der Waals surface area contributed by atoms with E-state index in [2.05, 4.69) is 21.2 Å². The van der Waals surface area contributed by atoms with Gasteiger partial charge in [0.2, 0.25) is 11.8 Å². The summed E-state index contributed by atoms with van der Waals surface area (Å²) < 4.78 is 42.2. The van der Waals surface area contributed by atoms with E-state index in [-0.39, 0.29) is 18.1 Å². The average molecular weight is 557 g/mol. The Morgan fingerprint density at radius 2 is 1.76 bits per heavy atom. The van der Waals surface area contributed by atoms with Gasteiger partial charge in [-0.2, -0.15) is 12.7 Å². The molecule has 8 nitrogen and oxygen atoms in total.